The van der Waals surface area contributed by atoms with Gasteiger partial charge in [-0.15, -0.1) is 0 Å². The Morgan fingerprint density at radius 2 is 2.00 bits per heavy atom. The Kier molecular flexibility index (Phi) is 4.06. The zero-order valence-electron chi connectivity index (χ0n) is 8.57. The number of nitrogens with one attached hydrogen (secondary N) is 1. The normalized spacial score (nSPS) is 12.9. The highest BCUT2D eigenvalue weighted by Gasteiger charge is 2.28. The molecule has 0 bridgehead atoms. The number of hydrogen-bond donors (Lipinski definition) is 1. The van der Waals surface area contributed by atoms with E-state index in [2.05, 4.69) is 15.3 Å². The third-order valence-electron chi connectivity index (χ3n) is 1.66. The molecular weight excluding hydrogens is 211 g/mol. The summed E-state index contributed by atoms with van der Waals surface area (Å²) in [7, 11) is -1.89. The SMILES string of the molecule is CS(=O)(=O)C([13CH3])([13CH3])/C=N/OC(=O)N[13CH3]. The third kappa shape index (κ3) is 3.73. The molecular formula is C7H14N2O4S. The molecule has 0 saturated carbocycles. The van der Waals surface area contributed by atoms with Crippen LogP contribution in [0.3, 0.4) is 0 Å². The van der Waals surface area contributed by atoms with Crippen LogP contribution >= 0.6 is 0 Å². The van der Waals surface area contributed by atoms with E-state index in [1.165, 1.54) is 20.9 Å². The van der Waals surface area contributed by atoms with Gasteiger partial charge in [0.25, 0.3) is 0 Å². The molecule has 0 radical (unpaired) electrons. The van der Waals surface area contributed by atoms with Crippen molar-refractivity contribution in [1.82, 2.24) is 5.32 Å². The number of rotatable bonds is 3. The maximum absolute atomic E-state index is 11.2. The van der Waals surface area contributed by atoms with E-state index in [4.69, 9.17) is 0 Å². The largest absolute Gasteiger partial charge is 0.433 e. The lowest BCUT2D eigenvalue weighted by Gasteiger charge is -2.15. The molecule has 7 heteroatoms. The molecule has 0 fully saturated rings. The highest BCUT2D eigenvalue weighted by molar-refractivity contribution is 7.92. The number of hydrogen-bond acceptors (Lipinski definition) is 5. The van der Waals surface area contributed by atoms with Crippen LogP contribution in [-0.2, 0) is 14.7 Å². The first-order valence-electron chi connectivity index (χ1n) is 3.83. The van der Waals surface area contributed by atoms with Gasteiger partial charge < -0.3 is 5.32 Å². The van der Waals surface area contributed by atoms with Crippen molar-refractivity contribution in [1.29, 1.82) is 0 Å². The quantitative estimate of drug-likeness (QED) is 0.321. The minimum absolute atomic E-state index is 0.745. The molecule has 6 nitrogen and oxygen atoms in total. The third-order valence-corrected chi connectivity index (χ3v) is 3.68. The Morgan fingerprint density at radius 3 is 2.36 bits per heavy atom. The zero-order chi connectivity index (χ0) is 11.4. The van der Waals surface area contributed by atoms with Crippen LogP contribution in [0, 0.1) is 0 Å². The van der Waals surface area contributed by atoms with Gasteiger partial charge in [-0.25, -0.2) is 13.2 Å². The van der Waals surface area contributed by atoms with Crippen molar-refractivity contribution in [3.8, 4) is 0 Å². The molecule has 0 aromatic heterocycles. The summed E-state index contributed by atoms with van der Waals surface area (Å²) in [6, 6.07) is 0. The van der Waals surface area contributed by atoms with Gasteiger partial charge >= 0.3 is 6.09 Å². The molecule has 0 aliphatic heterocycles. The van der Waals surface area contributed by atoms with Crippen molar-refractivity contribution < 1.29 is 18.0 Å². The lowest BCUT2D eigenvalue weighted by molar-refractivity contribution is 0.153. The molecule has 14 heavy (non-hydrogen) atoms. The first-order valence-corrected chi connectivity index (χ1v) is 5.72. The van der Waals surface area contributed by atoms with E-state index in [-0.39, 0.29) is 0 Å². The average molecular weight is 225 g/mol. The van der Waals surface area contributed by atoms with Gasteiger partial charge in [-0.2, -0.15) is 0 Å². The fourth-order valence-electron chi connectivity index (χ4n) is 0.343. The Bertz CT molecular complexity index is 332. The minimum Gasteiger partial charge on any atom is -0.323 e. The molecule has 0 aromatic rings. The molecule has 0 aliphatic carbocycles. The second-order valence-electron chi connectivity index (χ2n) is 3.24. The van der Waals surface area contributed by atoms with Crippen LogP contribution in [0.1, 0.15) is 13.8 Å². The fraction of sp³-hybridized carbons (Fsp3) is 0.714. The van der Waals surface area contributed by atoms with Crippen LogP contribution in [0.5, 0.6) is 0 Å². The van der Waals surface area contributed by atoms with Crippen molar-refractivity contribution >= 4 is 22.1 Å². The van der Waals surface area contributed by atoms with Crippen LogP contribution < -0.4 is 5.32 Å². The first kappa shape index (κ1) is 12.9. The summed E-state index contributed by atoms with van der Waals surface area (Å²) in [5, 5.41) is 5.43. The molecule has 0 rings (SSSR count). The van der Waals surface area contributed by atoms with Crippen LogP contribution in [0.15, 0.2) is 5.16 Å². The number of carbonyl (C=O) groups excluding carboxylic acids is 1. The monoisotopic (exact) mass is 225 g/mol. The molecule has 1 amide bonds. The van der Waals surface area contributed by atoms with Crippen LogP contribution in [0.4, 0.5) is 4.79 Å². The van der Waals surface area contributed by atoms with Crippen molar-refractivity contribution in [2.75, 3.05) is 13.3 Å². The Balaban J connectivity index is 4.46. The van der Waals surface area contributed by atoms with Crippen molar-refractivity contribution in [3.05, 3.63) is 0 Å². The van der Waals surface area contributed by atoms with E-state index in [0.29, 0.717) is 0 Å². The molecule has 0 aliphatic rings. The minimum atomic E-state index is -3.27. The molecule has 0 atom stereocenters. The molecule has 0 heterocycles. The summed E-state index contributed by atoms with van der Waals surface area (Å²) in [5.74, 6) is 0. The van der Waals surface area contributed by atoms with Gasteiger partial charge in [0, 0.05) is 13.3 Å². The Labute approximate surface area is 83.2 Å². The maximum Gasteiger partial charge on any atom is 0.433 e. The van der Waals surface area contributed by atoms with Crippen molar-refractivity contribution in [2.24, 2.45) is 5.16 Å². The van der Waals surface area contributed by atoms with E-state index in [9.17, 15) is 13.2 Å². The van der Waals surface area contributed by atoms with Gasteiger partial charge in [0.15, 0.2) is 9.84 Å². The van der Waals surface area contributed by atoms with Gasteiger partial charge in [-0.05, 0) is 13.8 Å². The highest BCUT2D eigenvalue weighted by atomic mass is 32.2. The lowest BCUT2D eigenvalue weighted by atomic mass is 10.5. The maximum atomic E-state index is 11.2. The second-order valence-corrected chi connectivity index (χ2v) is 5.84. The first-order chi connectivity index (χ1) is 6.20. The predicted molar refractivity (Wildman–Crippen MR) is 53.0 cm³/mol. The van der Waals surface area contributed by atoms with E-state index >= 15 is 0 Å². The molecule has 82 valence electrons. The van der Waals surface area contributed by atoms with E-state index < -0.39 is 20.7 Å². The van der Waals surface area contributed by atoms with Crippen LogP contribution in [0.2, 0.25) is 0 Å². The Hall–Kier alpha value is -1.11. The van der Waals surface area contributed by atoms with Gasteiger partial charge in [0.2, 0.25) is 0 Å². The smallest absolute Gasteiger partial charge is 0.323 e. The number of carbonyl (C=O) groups is 1. The summed E-state index contributed by atoms with van der Waals surface area (Å²) in [6.07, 6.45) is 1.40. The number of oxime groups is 1. The van der Waals surface area contributed by atoms with Gasteiger partial charge in [0.1, 0.15) is 4.75 Å². The molecule has 0 unspecified atom stereocenters. The number of nitrogens with zero attached hydrogens (tertiary/aromatic N) is 1. The lowest BCUT2D eigenvalue weighted by Crippen LogP contribution is -2.32. The Morgan fingerprint density at radius 1 is 1.50 bits per heavy atom. The van der Waals surface area contributed by atoms with E-state index in [1.54, 1.807) is 0 Å². The van der Waals surface area contributed by atoms with Gasteiger partial charge in [0.05, 0.1) is 6.21 Å². The standard InChI is InChI=1S/C7H14N2O4S/c1-7(2,14(4,11)12)5-9-13-6(10)8-3/h5H,1-4H3,(H,8,10)/b9-5+/i1+1,2+1,3+1. The predicted octanol–water partition coefficient (Wildman–Crippen LogP) is 0.151. The summed E-state index contributed by atoms with van der Waals surface area (Å²) < 4.78 is 21.2. The molecule has 0 saturated heterocycles. The fourth-order valence-corrected chi connectivity index (χ4v) is 0.577. The van der Waals surface area contributed by atoms with Crippen molar-refractivity contribution in [3.63, 3.8) is 0 Å². The van der Waals surface area contributed by atoms with Gasteiger partial charge in [-0.3, -0.25) is 4.84 Å². The average Bonchev–Trinajstić information content (AvgIpc) is 2.01. The zero-order valence-corrected chi connectivity index (χ0v) is 9.38. The summed E-state index contributed by atoms with van der Waals surface area (Å²) in [4.78, 5) is 14.8. The summed E-state index contributed by atoms with van der Waals surface area (Å²) in [6.45, 7) is 2.91. The highest BCUT2D eigenvalue weighted by Crippen LogP contribution is 2.11. The number of amides is 1. The topological polar surface area (TPSA) is 84.8 Å². The summed E-state index contributed by atoms with van der Waals surface area (Å²) in [5.41, 5.74) is 0. The van der Waals surface area contributed by atoms with E-state index in [0.717, 1.165) is 12.5 Å². The van der Waals surface area contributed by atoms with Gasteiger partial charge in [-0.1, -0.05) is 5.16 Å². The van der Waals surface area contributed by atoms with Crippen molar-refractivity contribution in [2.45, 2.75) is 18.6 Å². The number of sulfone groups is 1. The van der Waals surface area contributed by atoms with Crippen LogP contribution in [-0.4, -0.2) is 38.8 Å². The van der Waals surface area contributed by atoms with Crippen LogP contribution in [0.25, 0.3) is 0 Å². The molecule has 1 N–H and O–H groups in total. The second kappa shape index (κ2) is 4.41. The molecule has 0 aromatic carbocycles. The molecule has 0 spiro atoms. The van der Waals surface area contributed by atoms with E-state index in [1.807, 2.05) is 0 Å². The summed E-state index contributed by atoms with van der Waals surface area (Å²) >= 11 is 0.